The number of aliphatic carboxylic acids is 1. The van der Waals surface area contributed by atoms with Crippen molar-refractivity contribution in [3.05, 3.63) is 39.7 Å². The molecule has 3 heterocycles. The average molecular weight is 479 g/mol. The summed E-state index contributed by atoms with van der Waals surface area (Å²) in [7, 11) is 0. The van der Waals surface area contributed by atoms with E-state index in [-0.39, 0.29) is 28.7 Å². The van der Waals surface area contributed by atoms with Gasteiger partial charge in [0.2, 0.25) is 5.43 Å². The second-order valence-electron chi connectivity index (χ2n) is 9.11. The van der Waals surface area contributed by atoms with Crippen molar-refractivity contribution in [2.75, 3.05) is 24.5 Å². The lowest BCUT2D eigenvalue weighted by Crippen LogP contribution is -2.40. The van der Waals surface area contributed by atoms with Crippen molar-refractivity contribution in [1.29, 1.82) is 0 Å². The van der Waals surface area contributed by atoms with Gasteiger partial charge in [-0.3, -0.25) is 4.79 Å². The maximum absolute atomic E-state index is 15.6. The molecule has 1 aromatic carbocycles. The molecule has 34 heavy (non-hydrogen) atoms. The maximum Gasteiger partial charge on any atom is 0.341 e. The summed E-state index contributed by atoms with van der Waals surface area (Å²) in [5, 5.41) is 28.3. The fraction of sp³-hybridized carbons (Fsp3) is 0.522. The summed E-state index contributed by atoms with van der Waals surface area (Å²) >= 11 is 0. The van der Waals surface area contributed by atoms with Crippen LogP contribution in [0.3, 0.4) is 0 Å². The Hall–Kier alpha value is -3.05. The van der Waals surface area contributed by atoms with Crippen LogP contribution < -0.4 is 15.6 Å². The van der Waals surface area contributed by atoms with Gasteiger partial charge in [0.15, 0.2) is 5.82 Å². The number of aromatic nitrogens is 1. The standard InChI is InChI=1S/C20H21F2N3O3.C3H6O3/c21-14-6-12-17(25(11-3-4-11)8-13(19(12)26)20(27)28)16(22)18(14)24-7-10-2-1-5-23-15(10)9-24;1-2(4)3(5)6/h6,8,10-11,15,23H,1-5,7,9H2,(H,27,28);2,4H,1H3,(H,5,6). The van der Waals surface area contributed by atoms with Crippen LogP contribution in [-0.2, 0) is 4.79 Å². The quantitative estimate of drug-likeness (QED) is 0.523. The Bertz CT molecular complexity index is 1180. The number of hydrogen-bond acceptors (Lipinski definition) is 6. The molecule has 1 saturated carbocycles. The predicted octanol–water partition coefficient (Wildman–Crippen LogP) is 1.95. The lowest BCUT2D eigenvalue weighted by molar-refractivity contribution is -0.145. The minimum Gasteiger partial charge on any atom is -0.479 e. The molecule has 0 spiro atoms. The summed E-state index contributed by atoms with van der Waals surface area (Å²) < 4.78 is 32.1. The topological polar surface area (TPSA) is 132 Å². The number of benzene rings is 1. The molecule has 0 bridgehead atoms. The van der Waals surface area contributed by atoms with Gasteiger partial charge in [-0.2, -0.15) is 0 Å². The van der Waals surface area contributed by atoms with E-state index in [1.165, 1.54) is 17.7 Å². The number of piperidine rings is 1. The van der Waals surface area contributed by atoms with Crippen LogP contribution in [0.5, 0.6) is 0 Å². The van der Waals surface area contributed by atoms with E-state index < -0.39 is 40.7 Å². The molecule has 3 aliphatic rings. The first-order chi connectivity index (χ1) is 16.1. The highest BCUT2D eigenvalue weighted by atomic mass is 19.1. The minimum absolute atomic E-state index is 0.0109. The summed E-state index contributed by atoms with van der Waals surface area (Å²) in [6.07, 6.45) is 3.62. The summed E-state index contributed by atoms with van der Waals surface area (Å²) in [5.41, 5.74) is -1.40. The molecule has 184 valence electrons. The molecular formula is C23H27F2N3O6. The molecule has 2 aliphatic heterocycles. The fourth-order valence-corrected chi connectivity index (χ4v) is 4.74. The van der Waals surface area contributed by atoms with Crippen molar-refractivity contribution < 1.29 is 33.7 Å². The van der Waals surface area contributed by atoms with E-state index in [0.29, 0.717) is 19.0 Å². The van der Waals surface area contributed by atoms with Gasteiger partial charge in [0.25, 0.3) is 0 Å². The number of aromatic carboxylic acids is 1. The summed E-state index contributed by atoms with van der Waals surface area (Å²) in [4.78, 5) is 35.2. The van der Waals surface area contributed by atoms with E-state index in [1.807, 2.05) is 0 Å². The number of nitrogens with zero attached hydrogens (tertiary/aromatic N) is 2. The minimum atomic E-state index is -1.39. The molecule has 11 heteroatoms. The second kappa shape index (κ2) is 9.30. The number of aliphatic hydroxyl groups excluding tert-OH is 1. The van der Waals surface area contributed by atoms with Gasteiger partial charge in [-0.25, -0.2) is 18.4 Å². The molecule has 2 aromatic rings. The van der Waals surface area contributed by atoms with Crippen molar-refractivity contribution in [1.82, 2.24) is 9.88 Å². The Kier molecular flexibility index (Phi) is 6.59. The monoisotopic (exact) mass is 479 g/mol. The molecule has 3 unspecified atom stereocenters. The van der Waals surface area contributed by atoms with Crippen LogP contribution in [0.2, 0.25) is 0 Å². The molecule has 0 amide bonds. The number of halogens is 2. The van der Waals surface area contributed by atoms with E-state index in [1.54, 1.807) is 4.90 Å². The van der Waals surface area contributed by atoms with Gasteiger partial charge in [-0.05, 0) is 51.1 Å². The highest BCUT2D eigenvalue weighted by Crippen LogP contribution is 2.40. The van der Waals surface area contributed by atoms with E-state index in [0.717, 1.165) is 38.3 Å². The third-order valence-corrected chi connectivity index (χ3v) is 6.63. The van der Waals surface area contributed by atoms with Gasteiger partial charge in [-0.1, -0.05) is 0 Å². The molecule has 1 aliphatic carbocycles. The van der Waals surface area contributed by atoms with E-state index in [4.69, 9.17) is 10.2 Å². The molecule has 4 N–H and O–H groups in total. The number of carbonyl (C=O) groups is 2. The predicted molar refractivity (Wildman–Crippen MR) is 119 cm³/mol. The number of rotatable bonds is 4. The summed E-state index contributed by atoms with van der Waals surface area (Å²) in [6.45, 7) is 3.20. The Morgan fingerprint density at radius 2 is 1.85 bits per heavy atom. The average Bonchev–Trinajstić information content (AvgIpc) is 3.53. The first-order valence-electron chi connectivity index (χ1n) is 11.3. The highest BCUT2D eigenvalue weighted by Gasteiger charge is 2.38. The number of carboxylic acid groups (broad SMARTS) is 2. The molecule has 3 atom stereocenters. The number of aliphatic hydroxyl groups is 1. The zero-order valence-electron chi connectivity index (χ0n) is 18.6. The number of nitrogens with one attached hydrogen (secondary N) is 1. The van der Waals surface area contributed by atoms with Crippen molar-refractivity contribution in [3.8, 4) is 0 Å². The van der Waals surface area contributed by atoms with Gasteiger partial charge in [0.05, 0.1) is 10.9 Å². The van der Waals surface area contributed by atoms with Crippen LogP contribution in [0.15, 0.2) is 17.1 Å². The highest BCUT2D eigenvalue weighted by molar-refractivity contribution is 5.94. The Morgan fingerprint density at radius 1 is 1.18 bits per heavy atom. The van der Waals surface area contributed by atoms with Crippen LogP contribution in [-0.4, -0.2) is 63.6 Å². The number of carboxylic acids is 2. The van der Waals surface area contributed by atoms with Gasteiger partial charge >= 0.3 is 11.9 Å². The lowest BCUT2D eigenvalue weighted by atomic mass is 9.94. The van der Waals surface area contributed by atoms with E-state index in [9.17, 15) is 23.9 Å². The van der Waals surface area contributed by atoms with Crippen molar-refractivity contribution in [2.45, 2.75) is 50.8 Å². The molecular weight excluding hydrogens is 452 g/mol. The largest absolute Gasteiger partial charge is 0.479 e. The normalized spacial score (nSPS) is 22.6. The van der Waals surface area contributed by atoms with Crippen LogP contribution >= 0.6 is 0 Å². The Labute approximate surface area is 193 Å². The fourth-order valence-electron chi connectivity index (χ4n) is 4.74. The van der Waals surface area contributed by atoms with Gasteiger partial charge in [0.1, 0.15) is 23.2 Å². The number of anilines is 1. The van der Waals surface area contributed by atoms with Crippen molar-refractivity contribution in [2.24, 2.45) is 5.92 Å². The Morgan fingerprint density at radius 3 is 2.41 bits per heavy atom. The molecule has 0 radical (unpaired) electrons. The van der Waals surface area contributed by atoms with Crippen LogP contribution in [0.4, 0.5) is 14.5 Å². The number of pyridine rings is 1. The number of fused-ring (bicyclic) bond motifs is 2. The van der Waals surface area contributed by atoms with E-state index >= 15 is 4.39 Å². The SMILES string of the molecule is CC(O)C(=O)O.O=C(O)c1cn(C2CC2)c2c(F)c(N3CC4CCCNC4C3)c(F)cc2c1=O. The Balaban J connectivity index is 0.000000408. The molecule has 5 rings (SSSR count). The lowest BCUT2D eigenvalue weighted by Gasteiger charge is -2.24. The van der Waals surface area contributed by atoms with Gasteiger partial charge in [0, 0.05) is 31.4 Å². The van der Waals surface area contributed by atoms with Crippen LogP contribution in [0.25, 0.3) is 10.9 Å². The zero-order chi connectivity index (χ0) is 24.7. The second-order valence-corrected chi connectivity index (χ2v) is 9.11. The molecule has 3 fully saturated rings. The zero-order valence-corrected chi connectivity index (χ0v) is 18.6. The molecule has 2 saturated heterocycles. The van der Waals surface area contributed by atoms with Gasteiger partial charge < -0.3 is 30.1 Å². The van der Waals surface area contributed by atoms with Crippen LogP contribution in [0.1, 0.15) is 49.0 Å². The molecule has 9 nitrogen and oxygen atoms in total. The van der Waals surface area contributed by atoms with Gasteiger partial charge in [-0.15, -0.1) is 0 Å². The smallest absolute Gasteiger partial charge is 0.341 e. The summed E-state index contributed by atoms with van der Waals surface area (Å²) in [5.74, 6) is -3.81. The third-order valence-electron chi connectivity index (χ3n) is 6.63. The van der Waals surface area contributed by atoms with Crippen LogP contribution in [0, 0.1) is 17.6 Å². The molecule has 1 aromatic heterocycles. The first-order valence-corrected chi connectivity index (χ1v) is 11.3. The van der Waals surface area contributed by atoms with Crippen molar-refractivity contribution >= 4 is 28.5 Å². The first kappa shape index (κ1) is 24.1. The number of hydrogen-bond donors (Lipinski definition) is 4. The third kappa shape index (κ3) is 4.49. The van der Waals surface area contributed by atoms with Crippen molar-refractivity contribution in [3.63, 3.8) is 0 Å². The maximum atomic E-state index is 15.6. The summed E-state index contributed by atoms with van der Waals surface area (Å²) in [6, 6.07) is 1.16. The van der Waals surface area contributed by atoms with E-state index in [2.05, 4.69) is 5.32 Å².